The maximum atomic E-state index is 5.51. The van der Waals surface area contributed by atoms with Gasteiger partial charge in [0, 0.05) is 16.1 Å². The minimum Gasteiger partial charge on any atom is -0.379 e. The van der Waals surface area contributed by atoms with Gasteiger partial charge in [-0.3, -0.25) is 0 Å². The van der Waals surface area contributed by atoms with Crippen molar-refractivity contribution in [3.63, 3.8) is 0 Å². The van der Waals surface area contributed by atoms with Crippen LogP contribution in [-0.2, 0) is 4.74 Å². The van der Waals surface area contributed by atoms with Gasteiger partial charge in [0.2, 0.25) is 0 Å². The van der Waals surface area contributed by atoms with Gasteiger partial charge in [-0.15, -0.1) is 11.6 Å². The molecule has 8 heavy (non-hydrogen) atoms. The normalized spacial score (nSPS) is 15.0. The summed E-state index contributed by atoms with van der Waals surface area (Å²) in [6.45, 7) is 4.05. The molecule has 0 rings (SSSR count). The van der Waals surface area contributed by atoms with Crippen LogP contribution in [0.1, 0.15) is 13.8 Å². The molecule has 0 aliphatic heterocycles. The molecule has 0 aliphatic carbocycles. The highest BCUT2D eigenvalue weighted by molar-refractivity contribution is 6.23. The van der Waals surface area contributed by atoms with E-state index in [1.807, 2.05) is 13.8 Å². The summed E-state index contributed by atoms with van der Waals surface area (Å²) in [5.74, 6) is 0.643. The first kappa shape index (κ1) is 8.47. The second-order valence-corrected chi connectivity index (χ2v) is 3.75. The van der Waals surface area contributed by atoms with Gasteiger partial charge in [0.15, 0.2) is 0 Å². The van der Waals surface area contributed by atoms with E-state index in [-0.39, 0.29) is 0 Å². The van der Waals surface area contributed by atoms with Gasteiger partial charge in [-0.1, -0.05) is 0 Å². The van der Waals surface area contributed by atoms with Gasteiger partial charge in [0.05, 0.1) is 11.8 Å². The number of rotatable bonds is 3. The fraction of sp³-hybridized carbons (Fsp3) is 1.00. The standard InChI is InChI=1S/C5H13ClOSi/c1-4(2)7-5(8)3-6/h4-5H,3H2,1-2,8H3. The molecule has 0 aromatic heterocycles. The lowest BCUT2D eigenvalue weighted by atomic mass is 10.5. The van der Waals surface area contributed by atoms with E-state index in [0.29, 0.717) is 17.7 Å². The van der Waals surface area contributed by atoms with Crippen LogP contribution in [0.5, 0.6) is 0 Å². The highest BCUT2D eigenvalue weighted by Gasteiger charge is 2.00. The molecule has 50 valence electrons. The van der Waals surface area contributed by atoms with Crippen LogP contribution >= 0.6 is 11.6 Å². The fourth-order valence-corrected chi connectivity index (χ4v) is 1.12. The van der Waals surface area contributed by atoms with Crippen molar-refractivity contribution in [3.8, 4) is 0 Å². The molecular weight excluding hydrogens is 140 g/mol. The van der Waals surface area contributed by atoms with Crippen LogP contribution in [-0.4, -0.2) is 28.0 Å². The zero-order chi connectivity index (χ0) is 6.57. The number of ether oxygens (including phenoxy) is 1. The zero-order valence-corrected chi connectivity index (χ0v) is 8.40. The molecule has 0 saturated heterocycles. The predicted octanol–water partition coefficient (Wildman–Crippen LogP) is 0.342. The summed E-state index contributed by atoms with van der Waals surface area (Å²) in [5, 5.41) is 0. The van der Waals surface area contributed by atoms with Gasteiger partial charge in [-0.25, -0.2) is 0 Å². The molecule has 3 heteroatoms. The third kappa shape index (κ3) is 4.62. The maximum Gasteiger partial charge on any atom is 0.0520 e. The molecule has 0 bridgehead atoms. The largest absolute Gasteiger partial charge is 0.379 e. The molecule has 0 heterocycles. The molecule has 0 fully saturated rings. The lowest BCUT2D eigenvalue weighted by Gasteiger charge is -2.12. The second-order valence-electron chi connectivity index (χ2n) is 2.15. The monoisotopic (exact) mass is 152 g/mol. The molecule has 0 aliphatic rings. The summed E-state index contributed by atoms with van der Waals surface area (Å²) in [6, 6.07) is 0. The van der Waals surface area contributed by atoms with Crippen molar-refractivity contribution in [1.29, 1.82) is 0 Å². The Morgan fingerprint density at radius 3 is 2.25 bits per heavy atom. The molecule has 0 N–H and O–H groups in total. The average molecular weight is 153 g/mol. The Labute approximate surface area is 58.8 Å². The van der Waals surface area contributed by atoms with Crippen LogP contribution in [0.25, 0.3) is 0 Å². The maximum absolute atomic E-state index is 5.51. The Hall–Kier alpha value is 0.467. The van der Waals surface area contributed by atoms with Crippen molar-refractivity contribution < 1.29 is 4.74 Å². The molecule has 1 nitrogen and oxygen atoms in total. The van der Waals surface area contributed by atoms with Crippen LogP contribution in [0, 0.1) is 0 Å². The van der Waals surface area contributed by atoms with Gasteiger partial charge in [-0.2, -0.15) is 0 Å². The first-order valence-corrected chi connectivity index (χ1v) is 4.57. The second kappa shape index (κ2) is 4.36. The number of halogens is 1. The van der Waals surface area contributed by atoms with Crippen LogP contribution in [0.3, 0.4) is 0 Å². The summed E-state index contributed by atoms with van der Waals surface area (Å²) in [7, 11) is 1.03. The quantitative estimate of drug-likeness (QED) is 0.419. The van der Waals surface area contributed by atoms with Crippen molar-refractivity contribution in [1.82, 2.24) is 0 Å². The first-order chi connectivity index (χ1) is 3.66. The van der Waals surface area contributed by atoms with Crippen molar-refractivity contribution in [3.05, 3.63) is 0 Å². The van der Waals surface area contributed by atoms with Crippen LogP contribution < -0.4 is 0 Å². The number of alkyl halides is 1. The fourth-order valence-electron chi connectivity index (χ4n) is 0.501. The third-order valence-corrected chi connectivity index (χ3v) is 2.35. The van der Waals surface area contributed by atoms with E-state index in [1.165, 1.54) is 0 Å². The SMILES string of the molecule is CC(C)OC([SiH3])CCl. The summed E-state index contributed by atoms with van der Waals surface area (Å²) in [6.07, 6.45) is 0.330. The van der Waals surface area contributed by atoms with Crippen LogP contribution in [0.15, 0.2) is 0 Å². The van der Waals surface area contributed by atoms with E-state index in [9.17, 15) is 0 Å². The number of hydrogen-bond acceptors (Lipinski definition) is 1. The van der Waals surface area contributed by atoms with Gasteiger partial charge in [-0.05, 0) is 13.8 Å². The van der Waals surface area contributed by atoms with Gasteiger partial charge in [0.1, 0.15) is 0 Å². The van der Waals surface area contributed by atoms with E-state index in [0.717, 1.165) is 10.2 Å². The van der Waals surface area contributed by atoms with Gasteiger partial charge < -0.3 is 4.74 Å². The third-order valence-electron chi connectivity index (χ3n) is 0.722. The van der Waals surface area contributed by atoms with E-state index >= 15 is 0 Å². The molecule has 1 atom stereocenters. The lowest BCUT2D eigenvalue weighted by molar-refractivity contribution is 0.0661. The minimum absolute atomic E-state index is 0.330. The minimum atomic E-state index is 0.330. The molecule has 0 radical (unpaired) electrons. The summed E-state index contributed by atoms with van der Waals surface area (Å²) < 4.78 is 5.33. The Morgan fingerprint density at radius 1 is 1.62 bits per heavy atom. The van der Waals surface area contributed by atoms with Crippen LogP contribution in [0.4, 0.5) is 0 Å². The predicted molar refractivity (Wildman–Crippen MR) is 40.7 cm³/mol. The first-order valence-electron chi connectivity index (χ1n) is 2.88. The summed E-state index contributed by atoms with van der Waals surface area (Å²) in [4.78, 5) is 0. The van der Waals surface area contributed by atoms with E-state index in [2.05, 4.69) is 0 Å². The molecule has 0 saturated carbocycles. The average Bonchev–Trinajstić information content (AvgIpc) is 1.65. The molecule has 0 spiro atoms. The van der Waals surface area contributed by atoms with E-state index in [4.69, 9.17) is 16.3 Å². The van der Waals surface area contributed by atoms with Crippen molar-refractivity contribution in [2.24, 2.45) is 0 Å². The van der Waals surface area contributed by atoms with Crippen LogP contribution in [0.2, 0.25) is 0 Å². The van der Waals surface area contributed by atoms with Crippen molar-refractivity contribution in [2.45, 2.75) is 25.7 Å². The summed E-state index contributed by atoms with van der Waals surface area (Å²) >= 11 is 5.51. The molecule has 0 aromatic carbocycles. The topological polar surface area (TPSA) is 9.23 Å². The van der Waals surface area contributed by atoms with Gasteiger partial charge in [0.25, 0.3) is 0 Å². The Morgan fingerprint density at radius 2 is 2.12 bits per heavy atom. The summed E-state index contributed by atoms with van der Waals surface area (Å²) in [5.41, 5.74) is 0.330. The highest BCUT2D eigenvalue weighted by Crippen LogP contribution is 1.94. The number of hydrogen-bond donors (Lipinski definition) is 0. The highest BCUT2D eigenvalue weighted by atomic mass is 35.5. The Kier molecular flexibility index (Phi) is 4.61. The Balaban J connectivity index is 3.10. The molecule has 0 amide bonds. The lowest BCUT2D eigenvalue weighted by Crippen LogP contribution is -2.18. The van der Waals surface area contributed by atoms with Gasteiger partial charge >= 0.3 is 0 Å². The zero-order valence-electron chi connectivity index (χ0n) is 5.65. The van der Waals surface area contributed by atoms with Crippen molar-refractivity contribution >= 4 is 21.8 Å². The van der Waals surface area contributed by atoms with E-state index in [1.54, 1.807) is 0 Å². The molecule has 1 unspecified atom stereocenters. The van der Waals surface area contributed by atoms with E-state index < -0.39 is 0 Å². The van der Waals surface area contributed by atoms with Crippen molar-refractivity contribution in [2.75, 3.05) is 5.88 Å². The molecular formula is C5H13ClOSi. The smallest absolute Gasteiger partial charge is 0.0520 e. The molecule has 0 aromatic rings. The Bertz CT molecular complexity index is 58.4.